The highest BCUT2D eigenvalue weighted by molar-refractivity contribution is 5.96. The molecule has 0 saturated carbocycles. The number of ether oxygens (including phenoxy) is 2. The number of amides is 2. The summed E-state index contributed by atoms with van der Waals surface area (Å²) >= 11 is 0. The lowest BCUT2D eigenvalue weighted by Gasteiger charge is -2.34. The highest BCUT2D eigenvalue weighted by Gasteiger charge is 2.27. The largest absolute Gasteiger partial charge is 0.496 e. The van der Waals surface area contributed by atoms with Gasteiger partial charge in [-0.2, -0.15) is 0 Å². The Balaban J connectivity index is 1.62. The van der Waals surface area contributed by atoms with Gasteiger partial charge in [0.25, 0.3) is 5.91 Å². The molecular formula is C26H34N2O4. The molecule has 3 rings (SSSR count). The summed E-state index contributed by atoms with van der Waals surface area (Å²) in [5.74, 6) is 1.13. The maximum atomic E-state index is 13.2. The predicted octanol–water partition coefficient (Wildman–Crippen LogP) is 5.08. The number of carbonyl (C=O) groups is 2. The van der Waals surface area contributed by atoms with Crippen LogP contribution in [0.15, 0.2) is 48.5 Å². The fourth-order valence-electron chi connectivity index (χ4n) is 3.99. The van der Waals surface area contributed by atoms with Gasteiger partial charge in [0.2, 0.25) is 0 Å². The Bertz CT molecular complexity index is 929. The Labute approximate surface area is 191 Å². The lowest BCUT2D eigenvalue weighted by atomic mass is 9.95. The van der Waals surface area contributed by atoms with Gasteiger partial charge >= 0.3 is 6.09 Å². The minimum Gasteiger partial charge on any atom is -0.496 e. The Morgan fingerprint density at radius 3 is 2.31 bits per heavy atom. The van der Waals surface area contributed by atoms with Gasteiger partial charge in [-0.25, -0.2) is 4.79 Å². The van der Waals surface area contributed by atoms with Crippen molar-refractivity contribution in [3.63, 3.8) is 0 Å². The molecule has 0 bridgehead atoms. The molecule has 2 aromatic carbocycles. The molecule has 32 heavy (non-hydrogen) atoms. The Hall–Kier alpha value is -3.02. The lowest BCUT2D eigenvalue weighted by Crippen LogP contribution is -2.43. The molecule has 6 nitrogen and oxygen atoms in total. The maximum absolute atomic E-state index is 13.2. The molecule has 0 spiro atoms. The molecule has 1 aliphatic rings. The summed E-state index contributed by atoms with van der Waals surface area (Å²) in [7, 11) is 3.41. The van der Waals surface area contributed by atoms with Gasteiger partial charge in [-0.1, -0.05) is 30.3 Å². The van der Waals surface area contributed by atoms with Crippen molar-refractivity contribution in [3.05, 3.63) is 54.1 Å². The molecule has 0 unspecified atom stereocenters. The highest BCUT2D eigenvalue weighted by atomic mass is 16.6. The summed E-state index contributed by atoms with van der Waals surface area (Å²) in [5.41, 5.74) is 2.09. The van der Waals surface area contributed by atoms with Gasteiger partial charge in [-0.3, -0.25) is 4.79 Å². The van der Waals surface area contributed by atoms with E-state index in [1.165, 1.54) is 0 Å². The third-order valence-corrected chi connectivity index (χ3v) is 5.67. The first-order valence-corrected chi connectivity index (χ1v) is 11.1. The molecule has 172 valence electrons. The van der Waals surface area contributed by atoms with Crippen molar-refractivity contribution in [2.45, 2.75) is 39.2 Å². The van der Waals surface area contributed by atoms with Crippen molar-refractivity contribution in [2.75, 3.05) is 33.8 Å². The van der Waals surface area contributed by atoms with Crippen LogP contribution in [0.1, 0.15) is 44.0 Å². The molecule has 2 aromatic rings. The van der Waals surface area contributed by atoms with Crippen molar-refractivity contribution in [1.82, 2.24) is 9.80 Å². The van der Waals surface area contributed by atoms with E-state index >= 15 is 0 Å². The Kier molecular flexibility index (Phi) is 7.44. The van der Waals surface area contributed by atoms with E-state index in [0.29, 0.717) is 31.1 Å². The molecule has 1 aliphatic heterocycles. The maximum Gasteiger partial charge on any atom is 0.410 e. The van der Waals surface area contributed by atoms with E-state index in [1.807, 2.05) is 74.2 Å². The number of hydrogen-bond acceptors (Lipinski definition) is 4. The number of nitrogens with zero attached hydrogens (tertiary/aromatic N) is 2. The van der Waals surface area contributed by atoms with E-state index in [0.717, 1.165) is 29.7 Å². The van der Waals surface area contributed by atoms with Crippen LogP contribution in [0, 0.1) is 5.92 Å². The van der Waals surface area contributed by atoms with E-state index in [-0.39, 0.29) is 12.0 Å². The minimum absolute atomic E-state index is 0.0313. The van der Waals surface area contributed by atoms with E-state index in [9.17, 15) is 9.59 Å². The van der Waals surface area contributed by atoms with Gasteiger partial charge in [0.1, 0.15) is 11.4 Å². The predicted molar refractivity (Wildman–Crippen MR) is 126 cm³/mol. The Morgan fingerprint density at radius 1 is 1.06 bits per heavy atom. The van der Waals surface area contributed by atoms with Gasteiger partial charge in [0, 0.05) is 37.8 Å². The van der Waals surface area contributed by atoms with Crippen molar-refractivity contribution in [2.24, 2.45) is 5.92 Å². The molecule has 6 heteroatoms. The van der Waals surface area contributed by atoms with Crippen LogP contribution in [-0.2, 0) is 4.74 Å². The molecule has 0 atom stereocenters. The molecule has 0 aromatic heterocycles. The topological polar surface area (TPSA) is 59.1 Å². The fourth-order valence-corrected chi connectivity index (χ4v) is 3.99. The SMILES string of the molecule is COc1ccc(C(=O)N2CCC(CN(C)C(=O)OC(C)(C)C)CC2)cc1-c1ccccc1. The van der Waals surface area contributed by atoms with Crippen LogP contribution in [-0.4, -0.2) is 61.2 Å². The second-order valence-corrected chi connectivity index (χ2v) is 9.38. The normalized spacial score (nSPS) is 14.7. The summed E-state index contributed by atoms with van der Waals surface area (Å²) in [5, 5.41) is 0. The first kappa shape index (κ1) is 23.6. The first-order chi connectivity index (χ1) is 15.2. The molecule has 1 saturated heterocycles. The standard InChI is InChI=1S/C26H34N2O4/c1-26(2,3)32-25(30)27(4)18-19-13-15-28(16-14-19)24(29)21-11-12-23(31-5)22(17-21)20-9-7-6-8-10-20/h6-12,17,19H,13-16,18H2,1-5H3. The van der Waals surface area contributed by atoms with Crippen molar-refractivity contribution in [1.29, 1.82) is 0 Å². The third-order valence-electron chi connectivity index (χ3n) is 5.67. The Morgan fingerprint density at radius 2 is 1.72 bits per heavy atom. The number of likely N-dealkylation sites (tertiary alicyclic amines) is 1. The van der Waals surface area contributed by atoms with Gasteiger partial charge < -0.3 is 19.3 Å². The quantitative estimate of drug-likeness (QED) is 0.653. The summed E-state index contributed by atoms with van der Waals surface area (Å²) < 4.78 is 11.0. The first-order valence-electron chi connectivity index (χ1n) is 11.1. The van der Waals surface area contributed by atoms with Gasteiger partial charge in [0.15, 0.2) is 0 Å². The van der Waals surface area contributed by atoms with Gasteiger partial charge in [-0.15, -0.1) is 0 Å². The average molecular weight is 439 g/mol. The van der Waals surface area contributed by atoms with Crippen molar-refractivity contribution in [3.8, 4) is 16.9 Å². The van der Waals surface area contributed by atoms with Crippen LogP contribution in [0.3, 0.4) is 0 Å². The number of piperidine rings is 1. The van der Waals surface area contributed by atoms with Crippen LogP contribution < -0.4 is 4.74 Å². The van der Waals surface area contributed by atoms with E-state index in [4.69, 9.17) is 9.47 Å². The van der Waals surface area contributed by atoms with Crippen LogP contribution in [0.4, 0.5) is 4.79 Å². The van der Waals surface area contributed by atoms with Crippen LogP contribution in [0.5, 0.6) is 5.75 Å². The summed E-state index contributed by atoms with van der Waals surface area (Å²) in [4.78, 5) is 28.9. The monoisotopic (exact) mass is 438 g/mol. The smallest absolute Gasteiger partial charge is 0.410 e. The summed E-state index contributed by atoms with van der Waals surface area (Å²) in [6.07, 6.45) is 1.42. The number of methoxy groups -OCH3 is 1. The molecule has 0 N–H and O–H groups in total. The zero-order valence-electron chi connectivity index (χ0n) is 19.8. The van der Waals surface area contributed by atoms with Crippen molar-refractivity contribution < 1.29 is 19.1 Å². The van der Waals surface area contributed by atoms with Gasteiger partial charge in [-0.05, 0) is 63.3 Å². The summed E-state index contributed by atoms with van der Waals surface area (Å²) in [6.45, 7) is 7.59. The average Bonchev–Trinajstić information content (AvgIpc) is 2.78. The molecule has 0 radical (unpaired) electrons. The van der Waals surface area contributed by atoms with Crippen LogP contribution in [0.25, 0.3) is 11.1 Å². The third kappa shape index (κ3) is 6.02. The molecule has 2 amide bonds. The zero-order chi connectivity index (χ0) is 23.3. The number of benzene rings is 2. The second kappa shape index (κ2) is 10.1. The lowest BCUT2D eigenvalue weighted by molar-refractivity contribution is 0.0246. The molecular weight excluding hydrogens is 404 g/mol. The van der Waals surface area contributed by atoms with E-state index in [2.05, 4.69) is 0 Å². The van der Waals surface area contributed by atoms with Crippen LogP contribution >= 0.6 is 0 Å². The second-order valence-electron chi connectivity index (χ2n) is 9.38. The van der Waals surface area contributed by atoms with E-state index < -0.39 is 5.60 Å². The van der Waals surface area contributed by atoms with Gasteiger partial charge in [0.05, 0.1) is 7.11 Å². The summed E-state index contributed by atoms with van der Waals surface area (Å²) in [6, 6.07) is 15.5. The molecule has 1 fully saturated rings. The fraction of sp³-hybridized carbons (Fsp3) is 0.462. The number of carbonyl (C=O) groups excluding carboxylic acids is 2. The molecule has 1 heterocycles. The highest BCUT2D eigenvalue weighted by Crippen LogP contribution is 2.31. The van der Waals surface area contributed by atoms with Crippen molar-refractivity contribution >= 4 is 12.0 Å². The van der Waals surface area contributed by atoms with E-state index in [1.54, 1.807) is 19.1 Å². The number of rotatable bonds is 5. The zero-order valence-corrected chi connectivity index (χ0v) is 19.8. The molecule has 0 aliphatic carbocycles. The number of hydrogen-bond donors (Lipinski definition) is 0. The van der Waals surface area contributed by atoms with Crippen LogP contribution in [0.2, 0.25) is 0 Å². The minimum atomic E-state index is -0.502.